The highest BCUT2D eigenvalue weighted by atomic mass is 16.5. The number of pyridine rings is 1. The van der Waals surface area contributed by atoms with Crippen LogP contribution in [-0.4, -0.2) is 67.8 Å². The Bertz CT molecular complexity index is 1760. The first kappa shape index (κ1) is 26.3. The molecule has 2 bridgehead atoms. The lowest BCUT2D eigenvalue weighted by atomic mass is 9.84. The first-order chi connectivity index (χ1) is 21.1. The number of benzene rings is 2. The average molecular weight is 576 g/mol. The van der Waals surface area contributed by atoms with Crippen LogP contribution in [0.15, 0.2) is 59.1 Å². The Kier molecular flexibility index (Phi) is 6.35. The van der Waals surface area contributed by atoms with Crippen LogP contribution in [0.25, 0.3) is 33.6 Å². The molecule has 1 saturated carbocycles. The number of fused-ring (bicyclic) bond motifs is 5. The van der Waals surface area contributed by atoms with Crippen molar-refractivity contribution >= 4 is 22.7 Å². The van der Waals surface area contributed by atoms with E-state index < -0.39 is 0 Å². The number of nitrogens with one attached hydrogen (secondary N) is 2. The molecule has 1 aliphatic carbocycles. The van der Waals surface area contributed by atoms with Gasteiger partial charge in [-0.25, -0.2) is 0 Å². The van der Waals surface area contributed by atoms with Crippen molar-refractivity contribution in [2.24, 2.45) is 17.8 Å². The smallest absolute Gasteiger partial charge is 0.251 e. The van der Waals surface area contributed by atoms with Crippen LogP contribution in [0.3, 0.4) is 0 Å². The molecule has 0 radical (unpaired) electrons. The molecule has 5 fully saturated rings. The monoisotopic (exact) mass is 575 g/mol. The molecule has 1 amide bonds. The molecular formula is C34H33N5O4. The fourth-order valence-corrected chi connectivity index (χ4v) is 7.28. The van der Waals surface area contributed by atoms with Gasteiger partial charge in [0.05, 0.1) is 37.1 Å². The number of methoxy groups -OCH3 is 1. The fourth-order valence-electron chi connectivity index (χ4n) is 7.28. The number of rotatable bonds is 7. The van der Waals surface area contributed by atoms with E-state index in [9.17, 15) is 10.1 Å². The Balaban J connectivity index is 1.06. The number of hydrogen-bond donors (Lipinski definition) is 2. The third-order valence-corrected chi connectivity index (χ3v) is 9.84. The zero-order valence-corrected chi connectivity index (χ0v) is 24.0. The summed E-state index contributed by atoms with van der Waals surface area (Å²) in [7, 11) is 1.60. The maximum Gasteiger partial charge on any atom is 0.251 e. The molecule has 2 aromatic carbocycles. The number of carbonyl (C=O) groups is 1. The number of nitriles is 1. The summed E-state index contributed by atoms with van der Waals surface area (Å²) in [5.74, 6) is 2.70. The molecule has 4 saturated heterocycles. The van der Waals surface area contributed by atoms with Gasteiger partial charge in [0.15, 0.2) is 5.58 Å². The molecule has 9 rings (SSSR count). The molecule has 3 atom stereocenters. The third-order valence-electron chi connectivity index (χ3n) is 9.84. The zero-order chi connectivity index (χ0) is 29.1. The molecule has 3 unspecified atom stereocenters. The summed E-state index contributed by atoms with van der Waals surface area (Å²) in [6, 6.07) is 18.1. The lowest BCUT2D eigenvalue weighted by molar-refractivity contribution is 0.0620. The minimum absolute atomic E-state index is 0.0818. The van der Waals surface area contributed by atoms with Gasteiger partial charge < -0.3 is 29.4 Å². The van der Waals surface area contributed by atoms with Crippen LogP contribution < -0.4 is 15.4 Å². The largest absolute Gasteiger partial charge is 0.496 e. The minimum atomic E-state index is -0.0818. The van der Waals surface area contributed by atoms with E-state index in [0.29, 0.717) is 57.5 Å². The van der Waals surface area contributed by atoms with Crippen LogP contribution in [0, 0.1) is 29.1 Å². The summed E-state index contributed by atoms with van der Waals surface area (Å²) in [6.07, 6.45) is 4.04. The Morgan fingerprint density at radius 3 is 2.65 bits per heavy atom. The summed E-state index contributed by atoms with van der Waals surface area (Å²) < 4.78 is 17.6. The minimum Gasteiger partial charge on any atom is -0.496 e. The number of anilines is 1. The second-order valence-corrected chi connectivity index (χ2v) is 12.2. The van der Waals surface area contributed by atoms with Gasteiger partial charge in [0, 0.05) is 53.9 Å². The molecule has 5 aliphatic rings. The van der Waals surface area contributed by atoms with E-state index in [2.05, 4.69) is 26.6 Å². The first-order valence-corrected chi connectivity index (χ1v) is 15.1. The summed E-state index contributed by atoms with van der Waals surface area (Å²) >= 11 is 0. The van der Waals surface area contributed by atoms with Gasteiger partial charge in [-0.05, 0) is 73.8 Å². The highest BCUT2D eigenvalue weighted by molar-refractivity contribution is 5.97. The third kappa shape index (κ3) is 4.62. The maximum absolute atomic E-state index is 13.2. The topological polar surface area (TPSA) is 113 Å². The summed E-state index contributed by atoms with van der Waals surface area (Å²) in [5, 5.41) is 16.7. The number of furan rings is 1. The quantitative estimate of drug-likeness (QED) is 0.319. The van der Waals surface area contributed by atoms with Gasteiger partial charge >= 0.3 is 0 Å². The van der Waals surface area contributed by atoms with Crippen molar-refractivity contribution in [1.29, 1.82) is 5.26 Å². The van der Waals surface area contributed by atoms with Crippen molar-refractivity contribution in [3.8, 4) is 34.3 Å². The van der Waals surface area contributed by atoms with Crippen LogP contribution in [0.5, 0.6) is 5.75 Å². The highest BCUT2D eigenvalue weighted by Gasteiger charge is 2.54. The van der Waals surface area contributed by atoms with E-state index in [0.717, 1.165) is 68.1 Å². The summed E-state index contributed by atoms with van der Waals surface area (Å²) in [6.45, 7) is 4.77. The molecule has 218 valence electrons. The number of piperidine rings is 3. The van der Waals surface area contributed by atoms with Gasteiger partial charge in [0.1, 0.15) is 23.1 Å². The number of nitrogens with zero attached hydrogens (tertiary/aromatic N) is 3. The molecule has 4 aromatic rings. The van der Waals surface area contributed by atoms with E-state index >= 15 is 0 Å². The zero-order valence-electron chi connectivity index (χ0n) is 24.0. The van der Waals surface area contributed by atoms with Crippen molar-refractivity contribution in [2.45, 2.75) is 24.9 Å². The Labute approximate surface area is 249 Å². The van der Waals surface area contributed by atoms with Crippen LogP contribution in [0.4, 0.5) is 5.69 Å². The van der Waals surface area contributed by atoms with Crippen LogP contribution in [0.1, 0.15) is 28.8 Å². The first-order valence-electron chi connectivity index (χ1n) is 15.1. The van der Waals surface area contributed by atoms with Crippen molar-refractivity contribution in [2.75, 3.05) is 45.3 Å². The predicted molar refractivity (Wildman–Crippen MR) is 162 cm³/mol. The Morgan fingerprint density at radius 1 is 1.07 bits per heavy atom. The van der Waals surface area contributed by atoms with Gasteiger partial charge in [-0.3, -0.25) is 9.78 Å². The number of carbonyl (C=O) groups excluding carboxylic acids is 1. The molecule has 0 spiro atoms. The van der Waals surface area contributed by atoms with Gasteiger partial charge in [-0.2, -0.15) is 5.26 Å². The predicted octanol–water partition coefficient (Wildman–Crippen LogP) is 4.92. The van der Waals surface area contributed by atoms with E-state index in [-0.39, 0.29) is 11.9 Å². The van der Waals surface area contributed by atoms with Gasteiger partial charge in [-0.1, -0.05) is 6.07 Å². The highest BCUT2D eigenvalue weighted by Crippen LogP contribution is 2.46. The normalized spacial score (nSPS) is 27.0. The molecule has 2 aromatic heterocycles. The van der Waals surface area contributed by atoms with E-state index in [1.807, 2.05) is 42.5 Å². The van der Waals surface area contributed by atoms with Crippen LogP contribution >= 0.6 is 0 Å². The average Bonchev–Trinajstić information content (AvgIpc) is 3.37. The Hall–Kier alpha value is -4.39. The van der Waals surface area contributed by atoms with Gasteiger partial charge in [0.2, 0.25) is 0 Å². The van der Waals surface area contributed by atoms with Crippen LogP contribution in [0.2, 0.25) is 0 Å². The molecule has 4 aliphatic heterocycles. The second kappa shape index (κ2) is 10.4. The molecule has 2 N–H and O–H groups in total. The molecule has 43 heavy (non-hydrogen) atoms. The lowest BCUT2D eigenvalue weighted by Crippen LogP contribution is -2.57. The number of ether oxygens (including phenoxy) is 2. The second-order valence-electron chi connectivity index (χ2n) is 12.2. The van der Waals surface area contributed by atoms with Crippen molar-refractivity contribution in [3.05, 3.63) is 65.9 Å². The van der Waals surface area contributed by atoms with E-state index in [1.165, 1.54) is 0 Å². The van der Waals surface area contributed by atoms with Crippen molar-refractivity contribution in [1.82, 2.24) is 15.2 Å². The maximum atomic E-state index is 13.2. The van der Waals surface area contributed by atoms with Crippen molar-refractivity contribution < 1.29 is 18.7 Å². The SMILES string of the molecule is COc1cc(C(=O)NC2CN3CCC2CC3)ccc1-c1cc2nccc(-c3ccc(NC4C5COCC54)c(C#N)c3)c2o1. The standard InChI is InChI=1S/C34H33N5O4/c1-41-30-13-21(34(40)38-29-16-39-10-7-19(29)8-11-39)2-4-24(30)31-14-28-33(43-31)23(6-9-36-28)20-3-5-27(22(12-20)15-35)37-32-25-17-42-18-26(25)32/h2-6,9,12-14,19,25-26,29,32,37H,7-8,10-11,16-18H2,1H3,(H,38,40). The van der Waals surface area contributed by atoms with Gasteiger partial charge in [-0.15, -0.1) is 0 Å². The number of aromatic nitrogens is 1. The summed E-state index contributed by atoms with van der Waals surface area (Å²) in [5.41, 5.74) is 5.79. The fraction of sp³-hybridized carbons (Fsp3) is 0.382. The van der Waals surface area contributed by atoms with Crippen molar-refractivity contribution in [3.63, 3.8) is 0 Å². The van der Waals surface area contributed by atoms with Crippen LogP contribution in [-0.2, 0) is 4.74 Å². The molecule has 6 heterocycles. The molecular weight excluding hydrogens is 542 g/mol. The summed E-state index contributed by atoms with van der Waals surface area (Å²) in [4.78, 5) is 20.2. The lowest BCUT2D eigenvalue weighted by Gasteiger charge is -2.44. The number of amides is 1. The van der Waals surface area contributed by atoms with E-state index in [1.54, 1.807) is 19.4 Å². The number of hydrogen-bond acceptors (Lipinski definition) is 8. The van der Waals surface area contributed by atoms with Gasteiger partial charge in [0.25, 0.3) is 5.91 Å². The van der Waals surface area contributed by atoms with E-state index in [4.69, 9.17) is 13.9 Å². The molecule has 9 heteroatoms. The molecule has 9 nitrogen and oxygen atoms in total. The Morgan fingerprint density at radius 2 is 1.91 bits per heavy atom.